The molecule has 3 aliphatic carbocycles. The van der Waals surface area contributed by atoms with E-state index in [0.717, 1.165) is 6.42 Å². The lowest BCUT2D eigenvalue weighted by Gasteiger charge is -2.50. The van der Waals surface area contributed by atoms with Crippen molar-refractivity contribution in [3.05, 3.63) is 132 Å². The Morgan fingerprint density at radius 3 is 2.42 bits per heavy atom. The van der Waals surface area contributed by atoms with Gasteiger partial charge in [-0.1, -0.05) is 103 Å². The van der Waals surface area contributed by atoms with E-state index < -0.39 is 10.0 Å². The molecule has 3 aromatic carbocycles. The molecule has 3 unspecified atom stereocenters. The van der Waals surface area contributed by atoms with Crippen molar-refractivity contribution in [3.8, 4) is 0 Å². The van der Waals surface area contributed by atoms with Gasteiger partial charge in [-0.25, -0.2) is 0 Å². The maximum Gasteiger partial charge on any atom is 0.0368 e. The summed E-state index contributed by atoms with van der Waals surface area (Å²) in [5.74, 6) is 0.608. The smallest absolute Gasteiger partial charge is 0.0368 e. The van der Waals surface area contributed by atoms with E-state index in [-0.39, 0.29) is 4.75 Å². The number of hydrogen-bond donors (Lipinski definition) is 0. The maximum atomic E-state index is 2.54. The molecule has 0 amide bonds. The minimum atomic E-state index is -1.48. The van der Waals surface area contributed by atoms with Crippen LogP contribution in [0.25, 0.3) is 10.8 Å². The van der Waals surface area contributed by atoms with E-state index in [0.29, 0.717) is 5.92 Å². The molecule has 0 heterocycles. The van der Waals surface area contributed by atoms with Crippen LogP contribution in [0.3, 0.4) is 0 Å². The minimum Gasteiger partial charge on any atom is -0.154 e. The van der Waals surface area contributed by atoms with Crippen molar-refractivity contribution < 1.29 is 0 Å². The molecule has 31 heavy (non-hydrogen) atoms. The van der Waals surface area contributed by atoms with E-state index in [9.17, 15) is 0 Å². The van der Waals surface area contributed by atoms with Crippen molar-refractivity contribution in [3.63, 3.8) is 0 Å². The zero-order valence-electron chi connectivity index (χ0n) is 17.5. The highest BCUT2D eigenvalue weighted by molar-refractivity contribution is 8.38. The average molecular weight is 419 g/mol. The number of rotatable bonds is 4. The van der Waals surface area contributed by atoms with Crippen molar-refractivity contribution >= 4 is 20.8 Å². The molecular formula is C30H26S. The van der Waals surface area contributed by atoms with E-state index in [2.05, 4.69) is 127 Å². The zero-order valence-corrected chi connectivity index (χ0v) is 18.3. The van der Waals surface area contributed by atoms with Crippen LogP contribution in [0.5, 0.6) is 0 Å². The van der Waals surface area contributed by atoms with Gasteiger partial charge in [0.05, 0.1) is 0 Å². The fourth-order valence-corrected chi connectivity index (χ4v) is 10.7. The minimum absolute atomic E-state index is 0.156. The Morgan fingerprint density at radius 2 is 1.55 bits per heavy atom. The number of allylic oxidation sites excluding steroid dienone is 9. The van der Waals surface area contributed by atoms with Gasteiger partial charge in [-0.15, -0.1) is 0 Å². The van der Waals surface area contributed by atoms with Gasteiger partial charge >= 0.3 is 0 Å². The maximum absolute atomic E-state index is 2.54. The number of benzene rings is 3. The highest BCUT2D eigenvalue weighted by Gasteiger charge is 2.64. The summed E-state index contributed by atoms with van der Waals surface area (Å²) < 4.78 is 0.156. The summed E-state index contributed by atoms with van der Waals surface area (Å²) in [4.78, 5) is 4.51. The van der Waals surface area contributed by atoms with Gasteiger partial charge in [0.15, 0.2) is 0 Å². The molecule has 3 aromatic rings. The van der Waals surface area contributed by atoms with Gasteiger partial charge in [0.1, 0.15) is 0 Å². The van der Waals surface area contributed by atoms with E-state index in [1.165, 1.54) is 27.0 Å². The first-order valence-corrected chi connectivity index (χ1v) is 12.7. The Hall–Kier alpha value is -3.03. The Morgan fingerprint density at radius 1 is 0.710 bits per heavy atom. The summed E-state index contributed by atoms with van der Waals surface area (Å²) >= 11 is 0. The molecule has 1 fully saturated rings. The Balaban J connectivity index is 1.71. The lowest BCUT2D eigenvalue weighted by atomic mass is 10.1. The Labute approximate surface area is 186 Å². The predicted octanol–water partition coefficient (Wildman–Crippen LogP) is 8.35. The molecule has 1 heteroatoms. The monoisotopic (exact) mass is 418 g/mol. The third-order valence-corrected chi connectivity index (χ3v) is 11.7. The van der Waals surface area contributed by atoms with Gasteiger partial charge in [0.25, 0.3) is 0 Å². The highest BCUT2D eigenvalue weighted by atomic mass is 32.3. The molecule has 0 bridgehead atoms. The van der Waals surface area contributed by atoms with Crippen molar-refractivity contribution in [1.82, 2.24) is 0 Å². The topological polar surface area (TPSA) is 0 Å². The molecule has 3 atom stereocenters. The second-order valence-electron chi connectivity index (χ2n) is 8.59. The van der Waals surface area contributed by atoms with E-state index in [4.69, 9.17) is 0 Å². The summed E-state index contributed by atoms with van der Waals surface area (Å²) in [6.07, 6.45) is 23.1. The van der Waals surface area contributed by atoms with Crippen LogP contribution in [-0.4, -0.2) is 4.75 Å². The van der Waals surface area contributed by atoms with E-state index >= 15 is 0 Å². The third kappa shape index (κ3) is 2.77. The van der Waals surface area contributed by atoms with Gasteiger partial charge in [0.2, 0.25) is 0 Å². The molecule has 3 aliphatic rings. The van der Waals surface area contributed by atoms with Gasteiger partial charge in [-0.05, 0) is 68.5 Å². The van der Waals surface area contributed by atoms with Crippen molar-refractivity contribution in [2.45, 2.75) is 27.4 Å². The number of hydrogen-bond acceptors (Lipinski definition) is 0. The van der Waals surface area contributed by atoms with Crippen LogP contribution in [0.15, 0.2) is 142 Å². The summed E-state index contributed by atoms with van der Waals surface area (Å²) in [7, 11) is -1.48. The van der Waals surface area contributed by atoms with Crippen LogP contribution in [0.4, 0.5) is 0 Å². The second-order valence-corrected chi connectivity index (χ2v) is 12.0. The van der Waals surface area contributed by atoms with Crippen LogP contribution in [0, 0.1) is 5.92 Å². The third-order valence-electron chi connectivity index (χ3n) is 6.93. The van der Waals surface area contributed by atoms with Crippen molar-refractivity contribution in [2.75, 3.05) is 0 Å². The molecule has 0 nitrogen and oxygen atoms in total. The quantitative estimate of drug-likeness (QED) is 0.399. The molecular weight excluding hydrogens is 392 g/mol. The van der Waals surface area contributed by atoms with Gasteiger partial charge < -0.3 is 0 Å². The van der Waals surface area contributed by atoms with Crippen LogP contribution < -0.4 is 0 Å². The van der Waals surface area contributed by atoms with Gasteiger partial charge in [-0.2, -0.15) is 10.0 Å². The fraction of sp³-hybridized carbons (Fsp3) is 0.133. The molecule has 1 saturated carbocycles. The predicted molar refractivity (Wildman–Crippen MR) is 135 cm³/mol. The summed E-state index contributed by atoms with van der Waals surface area (Å²) in [6, 6.07) is 27.3. The fourth-order valence-electron chi connectivity index (χ4n) is 5.47. The molecule has 0 aliphatic heterocycles. The van der Waals surface area contributed by atoms with E-state index in [1.807, 2.05) is 0 Å². The first-order valence-electron chi connectivity index (χ1n) is 11.1. The van der Waals surface area contributed by atoms with Crippen LogP contribution >= 0.6 is 10.0 Å². The highest BCUT2D eigenvalue weighted by Crippen LogP contribution is 2.85. The first kappa shape index (κ1) is 18.7. The lowest BCUT2D eigenvalue weighted by Crippen LogP contribution is -2.24. The normalized spacial score (nSPS) is 26.6. The second kappa shape index (κ2) is 7.28. The molecule has 0 radical (unpaired) electrons. The molecule has 0 saturated heterocycles. The van der Waals surface area contributed by atoms with Crippen molar-refractivity contribution in [1.29, 1.82) is 0 Å². The number of fused-ring (bicyclic) bond motifs is 2. The molecule has 0 N–H and O–H groups in total. The van der Waals surface area contributed by atoms with Crippen LogP contribution in [0.1, 0.15) is 12.8 Å². The van der Waals surface area contributed by atoms with Crippen molar-refractivity contribution in [2.24, 2.45) is 5.92 Å². The largest absolute Gasteiger partial charge is 0.154 e. The summed E-state index contributed by atoms with van der Waals surface area (Å²) in [6.45, 7) is 0. The molecule has 6 rings (SSSR count). The summed E-state index contributed by atoms with van der Waals surface area (Å²) in [5, 5.41) is 2.64. The molecule has 0 aromatic heterocycles. The summed E-state index contributed by atoms with van der Waals surface area (Å²) in [5.41, 5.74) is 0. The first-order chi connectivity index (χ1) is 15.3. The Bertz CT molecular complexity index is 1290. The van der Waals surface area contributed by atoms with Crippen LogP contribution in [-0.2, 0) is 0 Å². The SMILES string of the molecule is C1=CC=C(S(c2ccccc2)(c2ccc3ccccc3c2)C23C=CC=CC2C3)CC=C1. The Kier molecular flexibility index (Phi) is 4.40. The lowest BCUT2D eigenvalue weighted by molar-refractivity contribution is 0.997. The zero-order chi connectivity index (χ0) is 20.7. The van der Waals surface area contributed by atoms with Crippen LogP contribution in [0.2, 0.25) is 0 Å². The standard InChI is InChI=1S/C30H26S/c1-2-5-16-27(15-4-1)31(28-17-6-3-7-18-28,30-21-11-10-14-26(30)23-30)29-20-19-24-12-8-9-13-25(24)22-29/h1-15,17-22,26H,16,23H2. The van der Waals surface area contributed by atoms with E-state index in [1.54, 1.807) is 4.91 Å². The van der Waals surface area contributed by atoms with Gasteiger partial charge in [0, 0.05) is 4.75 Å². The molecule has 0 spiro atoms. The van der Waals surface area contributed by atoms with Gasteiger partial charge in [-0.3, -0.25) is 0 Å². The molecule has 152 valence electrons. The average Bonchev–Trinajstić information content (AvgIpc) is 3.62.